The van der Waals surface area contributed by atoms with Crippen LogP contribution in [0.5, 0.6) is 0 Å². The third-order valence-electron chi connectivity index (χ3n) is 5.12. The maximum Gasteiger partial charge on any atom is 0.376 e. The lowest BCUT2D eigenvalue weighted by Crippen LogP contribution is -2.24. The normalized spacial score (nSPS) is 11.4. The third kappa shape index (κ3) is 7.96. The Morgan fingerprint density at radius 2 is 1.26 bits per heavy atom. The number of hydrogen-bond acceptors (Lipinski definition) is 10. The number of esters is 1. The van der Waals surface area contributed by atoms with Gasteiger partial charge in [-0.2, -0.15) is 10.2 Å². The first-order valence-corrected chi connectivity index (χ1v) is 12.6. The molecule has 0 aliphatic carbocycles. The lowest BCUT2D eigenvalue weighted by atomic mass is 10.1. The van der Waals surface area contributed by atoms with Crippen LogP contribution in [-0.2, 0) is 15.8 Å². The van der Waals surface area contributed by atoms with Gasteiger partial charge in [-0.1, -0.05) is 0 Å². The Kier molecular flexibility index (Phi) is 8.90. The van der Waals surface area contributed by atoms with Gasteiger partial charge in [-0.05, 0) is 67.0 Å². The molecule has 208 valence electrons. The number of nitrogens with zero attached hydrogens (tertiary/aromatic N) is 8. The second-order valence-corrected chi connectivity index (χ2v) is 11.1. The Bertz CT molecular complexity index is 1410. The summed E-state index contributed by atoms with van der Waals surface area (Å²) < 4.78 is 8.40. The predicted molar refractivity (Wildman–Crippen MR) is 151 cm³/mol. The van der Waals surface area contributed by atoms with Crippen molar-refractivity contribution >= 4 is 40.8 Å². The minimum atomic E-state index is -0.564. The molecule has 0 fully saturated rings. The van der Waals surface area contributed by atoms with Gasteiger partial charge in [-0.3, -0.25) is 0 Å². The quantitative estimate of drug-likeness (QED) is 0.243. The average molecular weight is 555 g/mol. The molecular weight excluding hydrogens is 520 g/mol. The lowest BCUT2D eigenvalue weighted by molar-refractivity contribution is 0.0586. The molecule has 0 saturated carbocycles. The zero-order chi connectivity index (χ0) is 29.0. The van der Waals surface area contributed by atoms with Gasteiger partial charge in [-0.15, -0.1) is 0 Å². The number of nitrogens with one attached hydrogen (secondary N) is 2. The Morgan fingerprint density at radius 1 is 0.795 bits per heavy atom. The van der Waals surface area contributed by atoms with Crippen LogP contribution in [-0.4, -0.2) is 52.6 Å². The molecule has 0 aromatic carbocycles. The highest BCUT2D eigenvalue weighted by Crippen LogP contribution is 2.23. The van der Waals surface area contributed by atoms with Crippen LogP contribution in [0.3, 0.4) is 0 Å². The van der Waals surface area contributed by atoms with E-state index in [0.29, 0.717) is 17.3 Å². The van der Waals surface area contributed by atoms with Crippen LogP contribution >= 0.6 is 11.6 Å². The van der Waals surface area contributed by atoms with Crippen molar-refractivity contribution in [1.82, 2.24) is 39.5 Å². The first kappa shape index (κ1) is 29.5. The largest absolute Gasteiger partial charge is 0.463 e. The van der Waals surface area contributed by atoms with Crippen molar-refractivity contribution in [3.8, 4) is 0 Å². The van der Waals surface area contributed by atoms with Crippen molar-refractivity contribution in [3.63, 3.8) is 0 Å². The summed E-state index contributed by atoms with van der Waals surface area (Å²) in [6.45, 7) is 16.1. The van der Waals surface area contributed by atoms with Crippen molar-refractivity contribution in [2.24, 2.45) is 0 Å². The number of methoxy groups -OCH3 is 1. The van der Waals surface area contributed by atoms with E-state index in [1.54, 1.807) is 25.4 Å². The highest BCUT2D eigenvalue weighted by atomic mass is 35.5. The number of anilines is 4. The molecule has 2 N–H and O–H groups in total. The van der Waals surface area contributed by atoms with Gasteiger partial charge in [0.1, 0.15) is 23.3 Å². The van der Waals surface area contributed by atoms with E-state index < -0.39 is 5.97 Å². The standard InChI is InChI=1S/C14H19N5O2.C12H16ClN5/c1-9-8-10(18-12(16-9)13(20)21-5)17-11-6-7-15-19(11)14(2,3)4;1-8-7-9(17-11(13)15-8)16-10-5-6-14-18(10)12(2,3)4/h6-8H,1-5H3,(H,16,17,18);5-7H,1-4H3,(H,15,16,17). The summed E-state index contributed by atoms with van der Waals surface area (Å²) in [6, 6.07) is 7.34. The fraction of sp³-hybridized carbons (Fsp3) is 0.423. The van der Waals surface area contributed by atoms with Crippen LogP contribution in [0.2, 0.25) is 5.28 Å². The first-order valence-electron chi connectivity index (χ1n) is 12.3. The van der Waals surface area contributed by atoms with E-state index in [0.717, 1.165) is 17.3 Å². The molecule has 12 nitrogen and oxygen atoms in total. The number of ether oxygens (including phenoxy) is 1. The van der Waals surface area contributed by atoms with Gasteiger partial charge in [0, 0.05) is 35.7 Å². The molecule has 4 aromatic rings. The molecule has 4 rings (SSSR count). The van der Waals surface area contributed by atoms with E-state index in [1.807, 2.05) is 34.5 Å². The van der Waals surface area contributed by atoms with Gasteiger partial charge in [-0.25, -0.2) is 34.1 Å². The summed E-state index contributed by atoms with van der Waals surface area (Å²) in [5.41, 5.74) is 1.23. The Labute approximate surface area is 233 Å². The molecule has 0 unspecified atom stereocenters. The average Bonchev–Trinajstić information content (AvgIpc) is 3.47. The Morgan fingerprint density at radius 3 is 1.69 bits per heavy atom. The molecule has 0 aliphatic rings. The molecule has 0 aliphatic heterocycles. The van der Waals surface area contributed by atoms with Crippen molar-refractivity contribution in [3.05, 3.63) is 59.2 Å². The van der Waals surface area contributed by atoms with Crippen molar-refractivity contribution < 1.29 is 9.53 Å². The maximum absolute atomic E-state index is 11.6. The van der Waals surface area contributed by atoms with E-state index in [1.165, 1.54) is 7.11 Å². The second-order valence-electron chi connectivity index (χ2n) is 10.7. The molecule has 13 heteroatoms. The first-order chi connectivity index (χ1) is 18.2. The molecule has 0 bridgehead atoms. The van der Waals surface area contributed by atoms with Gasteiger partial charge >= 0.3 is 5.97 Å². The van der Waals surface area contributed by atoms with E-state index >= 15 is 0 Å². The van der Waals surface area contributed by atoms with Crippen LogP contribution < -0.4 is 10.6 Å². The highest BCUT2D eigenvalue weighted by Gasteiger charge is 2.19. The number of hydrogen-bond donors (Lipinski definition) is 2. The van der Waals surface area contributed by atoms with Gasteiger partial charge in [0.25, 0.3) is 0 Å². The van der Waals surface area contributed by atoms with Crippen molar-refractivity contribution in [2.45, 2.75) is 66.5 Å². The molecule has 0 atom stereocenters. The number of carbonyl (C=O) groups is 1. The van der Waals surface area contributed by atoms with E-state index in [-0.39, 0.29) is 22.2 Å². The number of carbonyl (C=O) groups excluding carboxylic acids is 1. The van der Waals surface area contributed by atoms with E-state index in [4.69, 9.17) is 11.6 Å². The molecule has 0 amide bonds. The van der Waals surface area contributed by atoms with Gasteiger partial charge < -0.3 is 15.4 Å². The lowest BCUT2D eigenvalue weighted by Gasteiger charge is -2.22. The number of rotatable bonds is 5. The van der Waals surface area contributed by atoms with Crippen LogP contribution in [0, 0.1) is 13.8 Å². The number of aromatic nitrogens is 8. The molecular formula is C26H35ClN10O2. The molecule has 0 radical (unpaired) electrons. The molecule has 4 aromatic heterocycles. The summed E-state index contributed by atoms with van der Waals surface area (Å²) in [7, 11) is 1.30. The van der Waals surface area contributed by atoms with Crippen molar-refractivity contribution in [1.29, 1.82) is 0 Å². The third-order valence-corrected chi connectivity index (χ3v) is 5.29. The van der Waals surface area contributed by atoms with Crippen LogP contribution in [0.4, 0.5) is 23.3 Å². The second kappa shape index (κ2) is 11.8. The molecule has 4 heterocycles. The molecule has 0 saturated heterocycles. The Hall–Kier alpha value is -4.06. The SMILES string of the molecule is COC(=O)c1nc(C)cc(Nc2ccnn2C(C)(C)C)n1.Cc1cc(Nc2ccnn2C(C)(C)C)nc(Cl)n1. The monoisotopic (exact) mass is 554 g/mol. The smallest absolute Gasteiger partial charge is 0.376 e. The van der Waals surface area contributed by atoms with Crippen molar-refractivity contribution in [2.75, 3.05) is 17.7 Å². The molecule has 0 spiro atoms. The molecule has 39 heavy (non-hydrogen) atoms. The maximum atomic E-state index is 11.6. The minimum Gasteiger partial charge on any atom is -0.463 e. The minimum absolute atomic E-state index is 0.0295. The van der Waals surface area contributed by atoms with Crippen LogP contribution in [0.1, 0.15) is 63.5 Å². The zero-order valence-corrected chi connectivity index (χ0v) is 24.5. The summed E-state index contributed by atoms with van der Waals surface area (Å²) in [6.07, 6.45) is 3.46. The van der Waals surface area contributed by atoms with Gasteiger partial charge in [0.05, 0.1) is 30.6 Å². The van der Waals surface area contributed by atoms with Gasteiger partial charge in [0.15, 0.2) is 0 Å². The van der Waals surface area contributed by atoms with Gasteiger partial charge in [0.2, 0.25) is 11.1 Å². The Balaban J connectivity index is 0.000000218. The summed E-state index contributed by atoms with van der Waals surface area (Å²) >= 11 is 5.84. The highest BCUT2D eigenvalue weighted by molar-refractivity contribution is 6.28. The number of halogens is 1. The topological polar surface area (TPSA) is 138 Å². The fourth-order valence-corrected chi connectivity index (χ4v) is 3.76. The van der Waals surface area contributed by atoms with E-state index in [2.05, 4.69) is 87.0 Å². The predicted octanol–water partition coefficient (Wildman–Crippen LogP) is 5.40. The van der Waals surface area contributed by atoms with Crippen LogP contribution in [0.15, 0.2) is 36.7 Å². The summed E-state index contributed by atoms with van der Waals surface area (Å²) in [5.74, 6) is 2.31. The number of aryl methyl sites for hydroxylation is 2. The zero-order valence-electron chi connectivity index (χ0n) is 23.7. The fourth-order valence-electron chi connectivity index (χ4n) is 3.54. The summed E-state index contributed by atoms with van der Waals surface area (Å²) in [4.78, 5) is 27.9. The van der Waals surface area contributed by atoms with E-state index in [9.17, 15) is 4.79 Å². The summed E-state index contributed by atoms with van der Waals surface area (Å²) in [5, 5.41) is 15.2. The van der Waals surface area contributed by atoms with Crippen LogP contribution in [0.25, 0.3) is 0 Å².